The van der Waals surface area contributed by atoms with Crippen molar-refractivity contribution in [2.75, 3.05) is 25.0 Å². The zero-order valence-electron chi connectivity index (χ0n) is 13.0. The first kappa shape index (κ1) is 16.5. The molecule has 0 saturated heterocycles. The molecule has 0 fully saturated rings. The minimum atomic E-state index is 0.0845. The number of carbonyl (C=O) groups is 1. The van der Waals surface area contributed by atoms with Gasteiger partial charge in [-0.3, -0.25) is 4.79 Å². The van der Waals surface area contributed by atoms with E-state index in [4.69, 9.17) is 0 Å². The van der Waals surface area contributed by atoms with Crippen molar-refractivity contribution in [1.29, 1.82) is 0 Å². The molecule has 1 heterocycles. The second-order valence-electron chi connectivity index (χ2n) is 5.00. The number of aromatic nitrogens is 1. The van der Waals surface area contributed by atoms with Crippen LogP contribution in [0.5, 0.6) is 0 Å². The molecule has 0 aliphatic carbocycles. The maximum Gasteiger partial charge on any atom is 0.255 e. The molecule has 0 aliphatic rings. The lowest BCUT2D eigenvalue weighted by Crippen LogP contribution is -2.32. The lowest BCUT2D eigenvalue weighted by Gasteiger charge is -2.21. The summed E-state index contributed by atoms with van der Waals surface area (Å²) in [6.07, 6.45) is 5.93. The topological polar surface area (TPSA) is 45.2 Å². The van der Waals surface area contributed by atoms with Crippen LogP contribution in [0.3, 0.4) is 0 Å². The van der Waals surface area contributed by atoms with E-state index in [1.165, 1.54) is 0 Å². The number of nitrogens with one attached hydrogen (secondary N) is 1. The number of carbonyl (C=O) groups excluding carboxylic acids is 1. The Morgan fingerprint density at radius 2 is 1.85 bits per heavy atom. The summed E-state index contributed by atoms with van der Waals surface area (Å²) in [7, 11) is 0. The van der Waals surface area contributed by atoms with Crippen molar-refractivity contribution in [1.82, 2.24) is 9.88 Å². The van der Waals surface area contributed by atoms with Gasteiger partial charge in [-0.25, -0.2) is 4.98 Å². The highest BCUT2D eigenvalue weighted by Gasteiger charge is 2.14. The summed E-state index contributed by atoms with van der Waals surface area (Å²) in [4.78, 5) is 18.6. The Morgan fingerprint density at radius 3 is 2.35 bits per heavy atom. The third-order valence-corrected chi connectivity index (χ3v) is 3.12. The fourth-order valence-electron chi connectivity index (χ4n) is 2.06. The minimum Gasteiger partial charge on any atom is -0.370 e. The van der Waals surface area contributed by atoms with E-state index in [1.807, 2.05) is 17.0 Å². The van der Waals surface area contributed by atoms with Gasteiger partial charge in [-0.15, -0.1) is 0 Å². The van der Waals surface area contributed by atoms with E-state index in [0.717, 1.165) is 51.1 Å². The van der Waals surface area contributed by atoms with Crippen LogP contribution in [0.2, 0.25) is 0 Å². The lowest BCUT2D eigenvalue weighted by molar-refractivity contribution is 0.0755. The van der Waals surface area contributed by atoms with Gasteiger partial charge in [0.2, 0.25) is 0 Å². The third-order valence-electron chi connectivity index (χ3n) is 3.12. The molecule has 4 heteroatoms. The van der Waals surface area contributed by atoms with E-state index in [2.05, 4.69) is 31.1 Å². The summed E-state index contributed by atoms with van der Waals surface area (Å²) in [5.41, 5.74) is 0.674. The molecular weight excluding hydrogens is 250 g/mol. The van der Waals surface area contributed by atoms with Gasteiger partial charge in [-0.05, 0) is 31.4 Å². The summed E-state index contributed by atoms with van der Waals surface area (Å²) in [5.74, 6) is 0.925. The summed E-state index contributed by atoms with van der Waals surface area (Å²) in [6.45, 7) is 8.89. The highest BCUT2D eigenvalue weighted by atomic mass is 16.2. The molecule has 0 aliphatic heterocycles. The van der Waals surface area contributed by atoms with Crippen LogP contribution < -0.4 is 5.32 Å². The summed E-state index contributed by atoms with van der Waals surface area (Å²) < 4.78 is 0. The largest absolute Gasteiger partial charge is 0.370 e. The van der Waals surface area contributed by atoms with Crippen LogP contribution in [-0.4, -0.2) is 35.4 Å². The predicted molar refractivity (Wildman–Crippen MR) is 84.1 cm³/mol. The van der Waals surface area contributed by atoms with E-state index in [0.29, 0.717) is 5.56 Å². The zero-order valence-corrected chi connectivity index (χ0v) is 13.0. The molecule has 0 spiro atoms. The fourth-order valence-corrected chi connectivity index (χ4v) is 2.06. The Morgan fingerprint density at radius 1 is 1.15 bits per heavy atom. The second-order valence-corrected chi connectivity index (χ2v) is 5.00. The van der Waals surface area contributed by atoms with Crippen LogP contribution in [0.25, 0.3) is 0 Å². The first-order chi connectivity index (χ1) is 9.72. The lowest BCUT2D eigenvalue weighted by atomic mass is 10.2. The molecule has 0 atom stereocenters. The third kappa shape index (κ3) is 5.19. The Hall–Kier alpha value is -1.58. The highest BCUT2D eigenvalue weighted by Crippen LogP contribution is 2.09. The smallest absolute Gasteiger partial charge is 0.255 e. The van der Waals surface area contributed by atoms with Crippen LogP contribution in [0.1, 0.15) is 56.8 Å². The van der Waals surface area contributed by atoms with Gasteiger partial charge in [0.25, 0.3) is 5.91 Å². The monoisotopic (exact) mass is 277 g/mol. The summed E-state index contributed by atoms with van der Waals surface area (Å²) in [6, 6.07) is 3.75. The molecule has 4 nitrogen and oxygen atoms in total. The van der Waals surface area contributed by atoms with Crippen LogP contribution in [0.15, 0.2) is 18.3 Å². The summed E-state index contributed by atoms with van der Waals surface area (Å²) in [5, 5.41) is 3.26. The number of unbranched alkanes of at least 4 members (excludes halogenated alkanes) is 1. The van der Waals surface area contributed by atoms with E-state index in [9.17, 15) is 4.79 Å². The summed E-state index contributed by atoms with van der Waals surface area (Å²) >= 11 is 0. The molecular formula is C16H27N3O. The number of pyridine rings is 1. The van der Waals surface area contributed by atoms with Gasteiger partial charge in [0, 0.05) is 25.8 Å². The standard InChI is InChI=1S/C16H27N3O/c1-4-7-10-17-15-9-8-14(13-18-15)16(20)19(11-5-2)12-6-3/h8-9,13H,4-7,10-12H2,1-3H3,(H,17,18). The zero-order chi connectivity index (χ0) is 14.8. The van der Waals surface area contributed by atoms with Crippen LogP contribution >= 0.6 is 0 Å². The van der Waals surface area contributed by atoms with Gasteiger partial charge in [0.1, 0.15) is 5.82 Å². The molecule has 0 aromatic carbocycles. The van der Waals surface area contributed by atoms with Crippen molar-refractivity contribution in [3.63, 3.8) is 0 Å². The molecule has 0 bridgehead atoms. The van der Waals surface area contributed by atoms with Crippen molar-refractivity contribution in [3.05, 3.63) is 23.9 Å². The molecule has 1 aromatic rings. The first-order valence-electron chi connectivity index (χ1n) is 7.72. The fraction of sp³-hybridized carbons (Fsp3) is 0.625. The van der Waals surface area contributed by atoms with Crippen LogP contribution in [0.4, 0.5) is 5.82 Å². The predicted octanol–water partition coefficient (Wildman–Crippen LogP) is 3.56. The molecule has 0 unspecified atom stereocenters. The quantitative estimate of drug-likeness (QED) is 0.702. The highest BCUT2D eigenvalue weighted by molar-refractivity contribution is 5.94. The van der Waals surface area contributed by atoms with E-state index in [-0.39, 0.29) is 5.91 Å². The van der Waals surface area contributed by atoms with Crippen LogP contribution in [-0.2, 0) is 0 Å². The second kappa shape index (κ2) is 9.34. The van der Waals surface area contributed by atoms with E-state index in [1.54, 1.807) is 6.20 Å². The number of amides is 1. The van der Waals surface area contributed by atoms with Gasteiger partial charge >= 0.3 is 0 Å². The van der Waals surface area contributed by atoms with E-state index >= 15 is 0 Å². The normalized spacial score (nSPS) is 10.3. The Labute approximate surface area is 122 Å². The van der Waals surface area contributed by atoms with Gasteiger partial charge in [-0.2, -0.15) is 0 Å². The maximum absolute atomic E-state index is 12.4. The minimum absolute atomic E-state index is 0.0845. The van der Waals surface area contributed by atoms with Gasteiger partial charge in [-0.1, -0.05) is 27.2 Å². The van der Waals surface area contributed by atoms with Crippen molar-refractivity contribution in [3.8, 4) is 0 Å². The number of hydrogen-bond donors (Lipinski definition) is 1. The number of hydrogen-bond acceptors (Lipinski definition) is 3. The first-order valence-corrected chi connectivity index (χ1v) is 7.72. The Kier molecular flexibility index (Phi) is 7.70. The molecule has 1 rings (SSSR count). The van der Waals surface area contributed by atoms with Crippen molar-refractivity contribution in [2.45, 2.75) is 46.5 Å². The van der Waals surface area contributed by atoms with Gasteiger partial charge in [0.15, 0.2) is 0 Å². The number of nitrogens with zero attached hydrogens (tertiary/aromatic N) is 2. The number of rotatable bonds is 9. The molecule has 0 radical (unpaired) electrons. The van der Waals surface area contributed by atoms with E-state index < -0.39 is 0 Å². The molecule has 112 valence electrons. The van der Waals surface area contributed by atoms with Crippen molar-refractivity contribution < 1.29 is 4.79 Å². The van der Waals surface area contributed by atoms with Crippen molar-refractivity contribution in [2.24, 2.45) is 0 Å². The molecule has 1 amide bonds. The molecule has 0 saturated carbocycles. The average molecular weight is 277 g/mol. The maximum atomic E-state index is 12.4. The SMILES string of the molecule is CCCCNc1ccc(C(=O)N(CCC)CCC)cn1. The molecule has 20 heavy (non-hydrogen) atoms. The number of anilines is 1. The average Bonchev–Trinajstić information content (AvgIpc) is 2.47. The molecule has 1 N–H and O–H groups in total. The van der Waals surface area contributed by atoms with Crippen LogP contribution in [0, 0.1) is 0 Å². The van der Waals surface area contributed by atoms with Gasteiger partial charge < -0.3 is 10.2 Å². The Balaban J connectivity index is 2.63. The van der Waals surface area contributed by atoms with Crippen molar-refractivity contribution >= 4 is 11.7 Å². The Bertz CT molecular complexity index is 383. The molecule has 1 aromatic heterocycles. The van der Waals surface area contributed by atoms with Gasteiger partial charge in [0.05, 0.1) is 5.56 Å².